The molecule has 4 N–H and O–H groups in total. The van der Waals surface area contributed by atoms with Crippen LogP contribution in [0.5, 0.6) is 0 Å². The molecule has 0 atom stereocenters. The van der Waals surface area contributed by atoms with E-state index in [1.54, 1.807) is 18.2 Å². The van der Waals surface area contributed by atoms with E-state index < -0.39 is 10.0 Å². The lowest BCUT2D eigenvalue weighted by molar-refractivity contribution is 0.284. The Morgan fingerprint density at radius 3 is 1.97 bits per heavy atom. The number of fused-ring (bicyclic) bond motifs is 1. The Balaban J connectivity index is 1.25. The van der Waals surface area contributed by atoms with Crippen LogP contribution in [0.15, 0.2) is 33.1 Å². The highest BCUT2D eigenvalue weighted by molar-refractivity contribution is 7.89. The number of nitrogens with one attached hydrogen (secondary N) is 4. The zero-order chi connectivity index (χ0) is 24.0. The third kappa shape index (κ3) is 6.17. The fourth-order valence-electron chi connectivity index (χ4n) is 4.23. The molecule has 0 bridgehead atoms. The summed E-state index contributed by atoms with van der Waals surface area (Å²) < 4.78 is 28.2. The minimum atomic E-state index is -3.56. The van der Waals surface area contributed by atoms with Crippen molar-refractivity contribution < 1.29 is 8.42 Å². The van der Waals surface area contributed by atoms with E-state index in [0.29, 0.717) is 48.3 Å². The maximum Gasteiger partial charge on any atom is 0.240 e. The molecule has 1 saturated carbocycles. The molecule has 0 radical (unpaired) electrons. The average Bonchev–Trinajstić information content (AvgIpc) is 3.31. The van der Waals surface area contributed by atoms with Crippen molar-refractivity contribution in [1.29, 1.82) is 0 Å². The lowest BCUT2D eigenvalue weighted by atomic mass is 9.82. The number of rotatable bonds is 11. The molecule has 2 aliphatic rings. The van der Waals surface area contributed by atoms with Crippen molar-refractivity contribution in [2.45, 2.75) is 44.4 Å². The van der Waals surface area contributed by atoms with Gasteiger partial charge in [-0.25, -0.2) is 13.1 Å². The first-order valence-electron chi connectivity index (χ1n) is 11.9. The van der Waals surface area contributed by atoms with Crippen LogP contribution in [0.1, 0.15) is 39.5 Å². The van der Waals surface area contributed by atoms with Gasteiger partial charge in [0, 0.05) is 26.2 Å². The van der Waals surface area contributed by atoms with Gasteiger partial charge in [-0.3, -0.25) is 9.98 Å². The lowest BCUT2D eigenvalue weighted by Gasteiger charge is -2.28. The van der Waals surface area contributed by atoms with Crippen LogP contribution in [-0.2, 0) is 10.0 Å². The number of aromatic nitrogens is 3. The molecule has 1 aliphatic carbocycles. The summed E-state index contributed by atoms with van der Waals surface area (Å²) >= 11 is 0. The summed E-state index contributed by atoms with van der Waals surface area (Å²) in [6, 6.07) is 4.91. The molecule has 0 unspecified atom stereocenters. The zero-order valence-corrected chi connectivity index (χ0v) is 20.5. The third-order valence-corrected chi connectivity index (χ3v) is 7.54. The maximum absolute atomic E-state index is 12.7. The molecule has 0 spiro atoms. The van der Waals surface area contributed by atoms with Crippen LogP contribution in [0.2, 0.25) is 0 Å². The molecule has 1 aromatic heterocycles. The van der Waals surface area contributed by atoms with Gasteiger partial charge in [-0.1, -0.05) is 0 Å². The van der Waals surface area contributed by atoms with Gasteiger partial charge in [-0.05, 0) is 69.6 Å². The van der Waals surface area contributed by atoms with E-state index >= 15 is 0 Å². The third-order valence-electron chi connectivity index (χ3n) is 6.12. The van der Waals surface area contributed by atoms with Crippen molar-refractivity contribution in [1.82, 2.24) is 19.7 Å². The van der Waals surface area contributed by atoms with Gasteiger partial charge >= 0.3 is 0 Å². The number of anilines is 3. The Labute approximate surface area is 200 Å². The molecule has 2 heterocycles. The molecule has 0 saturated heterocycles. The van der Waals surface area contributed by atoms with Gasteiger partial charge in [0.25, 0.3) is 0 Å². The Morgan fingerprint density at radius 1 is 0.794 bits per heavy atom. The Bertz CT molecular complexity index is 1190. The molecule has 34 heavy (non-hydrogen) atoms. The summed E-state index contributed by atoms with van der Waals surface area (Å²) in [6.07, 6.45) is 4.03. The van der Waals surface area contributed by atoms with Crippen LogP contribution in [0.4, 0.5) is 17.8 Å². The first kappa shape index (κ1) is 24.3. The van der Waals surface area contributed by atoms with E-state index in [1.165, 1.54) is 0 Å². The molecule has 0 amide bonds. The van der Waals surface area contributed by atoms with Crippen molar-refractivity contribution in [2.75, 3.05) is 48.8 Å². The second kappa shape index (κ2) is 11.0. The normalized spacial score (nSPS) is 19.6. The summed E-state index contributed by atoms with van der Waals surface area (Å²) in [7, 11) is -3.56. The molecule has 1 aliphatic heterocycles. The van der Waals surface area contributed by atoms with Crippen molar-refractivity contribution >= 4 is 27.9 Å². The van der Waals surface area contributed by atoms with Crippen molar-refractivity contribution in [2.24, 2.45) is 21.8 Å². The first-order valence-corrected chi connectivity index (χ1v) is 13.4. The van der Waals surface area contributed by atoms with E-state index in [0.717, 1.165) is 50.7 Å². The van der Waals surface area contributed by atoms with Crippen LogP contribution < -0.4 is 31.4 Å². The van der Waals surface area contributed by atoms with Crippen LogP contribution in [0.25, 0.3) is 0 Å². The average molecular weight is 488 g/mol. The molecule has 11 nitrogen and oxygen atoms in total. The summed E-state index contributed by atoms with van der Waals surface area (Å²) in [5.74, 6) is 2.50. The number of hydrogen-bond donors (Lipinski definition) is 4. The van der Waals surface area contributed by atoms with E-state index in [1.807, 2.05) is 13.8 Å². The first-order chi connectivity index (χ1) is 16.5. The highest BCUT2D eigenvalue weighted by atomic mass is 32.2. The molecule has 184 valence electrons. The number of nitrogens with zero attached hydrogens (tertiary/aromatic N) is 5. The van der Waals surface area contributed by atoms with Gasteiger partial charge in [0.2, 0.25) is 27.9 Å². The standard InChI is InChI=1S/C22H33N9O2S/c1-3-23-20-29-21(24-4-2)31-22(30-20)25-12-15-5-7-16(8-6-15)13-28-34(32,33)17-9-10-18-19(11-17)27-14-26-18/h9-11,15-16,28H,3-8,12-14H2,1-2H3,(H3,23,24,25,29,30,31). The fraction of sp³-hybridized carbons (Fsp3) is 0.591. The highest BCUT2D eigenvalue weighted by Crippen LogP contribution is 2.29. The minimum Gasteiger partial charge on any atom is -0.354 e. The summed E-state index contributed by atoms with van der Waals surface area (Å²) in [4.78, 5) is 21.9. The monoisotopic (exact) mass is 487 g/mol. The summed E-state index contributed by atoms with van der Waals surface area (Å²) in [5.41, 5.74) is 0. The van der Waals surface area contributed by atoms with E-state index in [-0.39, 0.29) is 4.90 Å². The topological polar surface area (TPSA) is 146 Å². The molecular weight excluding hydrogens is 454 g/mol. The SMILES string of the molecule is CCNc1nc(NCC)nc(NCC2CCC(CNS(=O)(=O)c3ccc4c(c3)=NCN=4)CC2)n1. The van der Waals surface area contributed by atoms with Gasteiger partial charge in [-0.2, -0.15) is 15.0 Å². The molecule has 4 rings (SSSR count). The predicted octanol–water partition coefficient (Wildman–Crippen LogP) is 1.14. The fourth-order valence-corrected chi connectivity index (χ4v) is 5.37. The lowest BCUT2D eigenvalue weighted by Crippen LogP contribution is -2.33. The van der Waals surface area contributed by atoms with Gasteiger partial charge in [0.15, 0.2) is 0 Å². The van der Waals surface area contributed by atoms with E-state index in [4.69, 9.17) is 0 Å². The number of hydrogen-bond acceptors (Lipinski definition) is 10. The molecule has 2 aromatic rings. The van der Waals surface area contributed by atoms with Crippen molar-refractivity contribution in [3.05, 3.63) is 28.9 Å². The van der Waals surface area contributed by atoms with Gasteiger partial charge in [0.1, 0.15) is 6.67 Å². The second-order valence-corrected chi connectivity index (χ2v) is 10.4. The Hall–Kier alpha value is -2.86. The van der Waals surface area contributed by atoms with Crippen LogP contribution in [-0.4, -0.2) is 56.2 Å². The number of sulfonamides is 1. The van der Waals surface area contributed by atoms with Gasteiger partial charge in [0.05, 0.1) is 15.6 Å². The van der Waals surface area contributed by atoms with Crippen LogP contribution in [0, 0.1) is 11.8 Å². The Kier molecular flexibility index (Phi) is 7.88. The molecule has 1 fully saturated rings. The van der Waals surface area contributed by atoms with Crippen molar-refractivity contribution in [3.63, 3.8) is 0 Å². The summed E-state index contributed by atoms with van der Waals surface area (Å²) in [5, 5.41) is 11.0. The zero-order valence-electron chi connectivity index (χ0n) is 19.7. The Morgan fingerprint density at radius 2 is 1.35 bits per heavy atom. The van der Waals surface area contributed by atoms with Crippen molar-refractivity contribution in [3.8, 4) is 0 Å². The molecule has 12 heteroatoms. The van der Waals surface area contributed by atoms with Crippen LogP contribution in [0.3, 0.4) is 0 Å². The number of benzene rings is 1. The summed E-state index contributed by atoms with van der Waals surface area (Å²) in [6.45, 7) is 7.07. The van der Waals surface area contributed by atoms with Gasteiger partial charge in [-0.15, -0.1) is 0 Å². The maximum atomic E-state index is 12.7. The highest BCUT2D eigenvalue weighted by Gasteiger charge is 2.24. The predicted molar refractivity (Wildman–Crippen MR) is 131 cm³/mol. The molecular formula is C22H33N9O2S. The van der Waals surface area contributed by atoms with Crippen LogP contribution >= 0.6 is 0 Å². The minimum absolute atomic E-state index is 0.246. The second-order valence-electron chi connectivity index (χ2n) is 8.59. The largest absolute Gasteiger partial charge is 0.354 e. The smallest absolute Gasteiger partial charge is 0.240 e. The van der Waals surface area contributed by atoms with E-state index in [9.17, 15) is 8.42 Å². The quantitative estimate of drug-likeness (QED) is 0.369. The molecule has 1 aromatic carbocycles. The van der Waals surface area contributed by atoms with E-state index in [2.05, 4.69) is 45.6 Å². The van der Waals surface area contributed by atoms with Gasteiger partial charge < -0.3 is 16.0 Å².